The maximum atomic E-state index is 12.0. The number of carbonyl (C=O) groups is 1. The van der Waals surface area contributed by atoms with Gasteiger partial charge < -0.3 is 5.32 Å². The molecule has 0 heterocycles. The van der Waals surface area contributed by atoms with Crippen LogP contribution < -0.4 is 5.32 Å². The van der Waals surface area contributed by atoms with Crippen molar-refractivity contribution in [3.8, 4) is 12.1 Å². The van der Waals surface area contributed by atoms with Gasteiger partial charge in [0.15, 0.2) is 5.54 Å². The van der Waals surface area contributed by atoms with Crippen molar-refractivity contribution in [1.29, 1.82) is 10.5 Å². The minimum Gasteiger partial charge on any atom is -0.356 e. The molecule has 0 saturated carbocycles. The third-order valence-corrected chi connectivity index (χ3v) is 9.58. The van der Waals surface area contributed by atoms with E-state index < -0.39 is 19.3 Å². The van der Waals surface area contributed by atoms with Crippen LogP contribution >= 0.6 is 0 Å². The average Bonchev–Trinajstić information content (AvgIpc) is 2.61. The molecule has 0 aromatic rings. The highest BCUT2D eigenvalue weighted by Crippen LogP contribution is 2.25. The molecule has 0 saturated heterocycles. The third kappa shape index (κ3) is 8.52. The van der Waals surface area contributed by atoms with E-state index in [9.17, 15) is 10.1 Å². The number of rotatable bonds is 11. The standard InChI is InChI=1S/C17H31N5O3Si/c1-14(2)26(5,6)11-7-10-20-15(23)8-9-16(3,12-18)21-22-17(4,13-19)25-24/h14,24H,7-11H2,1-6H3,(H,20,23). The van der Waals surface area contributed by atoms with E-state index in [0.29, 0.717) is 12.1 Å². The van der Waals surface area contributed by atoms with Gasteiger partial charge in [-0.1, -0.05) is 38.5 Å². The second kappa shape index (κ2) is 10.4. The Morgan fingerprint density at radius 2 is 1.88 bits per heavy atom. The van der Waals surface area contributed by atoms with Crippen LogP contribution in [0.5, 0.6) is 0 Å². The summed E-state index contributed by atoms with van der Waals surface area (Å²) in [6, 6.07) is 4.75. The van der Waals surface area contributed by atoms with E-state index in [4.69, 9.17) is 10.5 Å². The molecule has 0 bridgehead atoms. The number of azo groups is 1. The summed E-state index contributed by atoms with van der Waals surface area (Å²) in [6.45, 7) is 12.6. The number of hydrogen-bond acceptors (Lipinski definition) is 7. The summed E-state index contributed by atoms with van der Waals surface area (Å²) < 4.78 is 0. The van der Waals surface area contributed by atoms with Crippen LogP contribution in [0.2, 0.25) is 24.7 Å². The van der Waals surface area contributed by atoms with Gasteiger partial charge in [0.25, 0.3) is 5.72 Å². The molecule has 0 aliphatic heterocycles. The van der Waals surface area contributed by atoms with E-state index in [2.05, 4.69) is 47.4 Å². The van der Waals surface area contributed by atoms with Crippen molar-refractivity contribution in [2.75, 3.05) is 6.54 Å². The summed E-state index contributed by atoms with van der Waals surface area (Å²) in [7, 11) is -1.22. The molecule has 0 aliphatic carbocycles. The first-order chi connectivity index (χ1) is 11.9. The van der Waals surface area contributed by atoms with Gasteiger partial charge in [-0.05, 0) is 19.8 Å². The molecule has 9 heteroatoms. The first kappa shape index (κ1) is 24.2. The van der Waals surface area contributed by atoms with Crippen LogP contribution in [0.1, 0.15) is 47.0 Å². The quantitative estimate of drug-likeness (QED) is 0.184. The number of nitrogens with zero attached hydrogens (tertiary/aromatic N) is 4. The lowest BCUT2D eigenvalue weighted by Crippen LogP contribution is -2.32. The fourth-order valence-electron chi connectivity index (χ4n) is 1.90. The lowest BCUT2D eigenvalue weighted by molar-refractivity contribution is -0.299. The maximum absolute atomic E-state index is 12.0. The van der Waals surface area contributed by atoms with Gasteiger partial charge >= 0.3 is 0 Å². The normalized spacial score (nSPS) is 16.5. The summed E-state index contributed by atoms with van der Waals surface area (Å²) in [5, 5.41) is 37.0. The zero-order valence-electron chi connectivity index (χ0n) is 16.7. The van der Waals surface area contributed by atoms with Crippen molar-refractivity contribution in [3.05, 3.63) is 0 Å². The van der Waals surface area contributed by atoms with Crippen LogP contribution in [0.4, 0.5) is 0 Å². The molecule has 2 N–H and O–H groups in total. The van der Waals surface area contributed by atoms with Gasteiger partial charge in [0, 0.05) is 28.0 Å². The Morgan fingerprint density at radius 1 is 1.27 bits per heavy atom. The highest BCUT2D eigenvalue weighted by atomic mass is 28.3. The highest BCUT2D eigenvalue weighted by Gasteiger charge is 2.30. The minimum absolute atomic E-state index is 0.122. The highest BCUT2D eigenvalue weighted by molar-refractivity contribution is 6.78. The molecule has 0 aliphatic rings. The predicted molar refractivity (Wildman–Crippen MR) is 101 cm³/mol. The van der Waals surface area contributed by atoms with Crippen molar-refractivity contribution in [2.24, 2.45) is 10.2 Å². The summed E-state index contributed by atoms with van der Waals surface area (Å²) in [5.41, 5.74) is -2.43. The predicted octanol–water partition coefficient (Wildman–Crippen LogP) is 3.86. The topological polar surface area (TPSA) is 131 Å². The van der Waals surface area contributed by atoms with E-state index in [1.54, 1.807) is 6.07 Å². The fraction of sp³-hybridized carbons (Fsp3) is 0.824. The van der Waals surface area contributed by atoms with Gasteiger partial charge in [0.2, 0.25) is 5.91 Å². The van der Waals surface area contributed by atoms with Crippen LogP contribution in [0.25, 0.3) is 0 Å². The van der Waals surface area contributed by atoms with Crippen molar-refractivity contribution < 1.29 is 14.9 Å². The SMILES string of the molecule is CC(C)[Si](C)(C)CCCNC(=O)CCC(C)(C#N)N=NC(C)(C#N)OO. The molecular formula is C17H31N5O3Si. The van der Waals surface area contributed by atoms with Crippen LogP contribution in [-0.4, -0.2) is 37.0 Å². The van der Waals surface area contributed by atoms with Crippen LogP contribution in [0.15, 0.2) is 10.2 Å². The van der Waals surface area contributed by atoms with Gasteiger partial charge in [-0.3, -0.25) is 4.79 Å². The molecule has 1 amide bonds. The van der Waals surface area contributed by atoms with Gasteiger partial charge in [-0.2, -0.15) is 20.5 Å². The molecule has 0 aromatic heterocycles. The Labute approximate surface area is 157 Å². The van der Waals surface area contributed by atoms with Crippen LogP contribution in [-0.2, 0) is 9.68 Å². The van der Waals surface area contributed by atoms with Crippen molar-refractivity contribution >= 4 is 14.0 Å². The molecule has 2 atom stereocenters. The Balaban J connectivity index is 4.45. The van der Waals surface area contributed by atoms with E-state index in [0.717, 1.165) is 12.5 Å². The largest absolute Gasteiger partial charge is 0.356 e. The zero-order chi connectivity index (χ0) is 20.4. The Bertz CT molecular complexity index is 582. The van der Waals surface area contributed by atoms with Gasteiger partial charge in [-0.25, -0.2) is 5.26 Å². The zero-order valence-corrected chi connectivity index (χ0v) is 17.7. The summed E-state index contributed by atoms with van der Waals surface area (Å²) in [6.07, 6.45) is 1.22. The molecule has 146 valence electrons. The second-order valence-electron chi connectivity index (χ2n) is 7.87. The van der Waals surface area contributed by atoms with Crippen molar-refractivity contribution in [2.45, 2.75) is 82.9 Å². The van der Waals surface area contributed by atoms with E-state index >= 15 is 0 Å². The number of carbonyl (C=O) groups excluding carboxylic acids is 1. The first-order valence-corrected chi connectivity index (χ1v) is 12.1. The molecule has 0 spiro atoms. The third-order valence-electron chi connectivity index (χ3n) is 4.81. The minimum atomic E-state index is -1.87. The second-order valence-corrected chi connectivity index (χ2v) is 13.5. The van der Waals surface area contributed by atoms with Crippen molar-refractivity contribution in [1.82, 2.24) is 5.32 Å². The molecule has 8 nitrogen and oxygen atoms in total. The maximum Gasteiger partial charge on any atom is 0.293 e. The lowest BCUT2D eigenvalue weighted by atomic mass is 9.99. The summed E-state index contributed by atoms with van der Waals surface area (Å²) in [5.74, 6) is -0.146. The van der Waals surface area contributed by atoms with Gasteiger partial charge in [-0.15, -0.1) is 5.11 Å². The molecule has 26 heavy (non-hydrogen) atoms. The molecule has 0 fully saturated rings. The van der Waals surface area contributed by atoms with E-state index in [-0.39, 0.29) is 18.7 Å². The molecule has 2 unspecified atom stereocenters. The number of amides is 1. The van der Waals surface area contributed by atoms with Gasteiger partial charge in [0.05, 0.1) is 6.07 Å². The van der Waals surface area contributed by atoms with Gasteiger partial charge in [0.1, 0.15) is 6.07 Å². The molecule has 0 aromatic carbocycles. The summed E-state index contributed by atoms with van der Waals surface area (Å²) >= 11 is 0. The first-order valence-electron chi connectivity index (χ1n) is 8.79. The van der Waals surface area contributed by atoms with E-state index in [1.165, 1.54) is 13.8 Å². The molecule has 0 radical (unpaired) electrons. The Morgan fingerprint density at radius 3 is 2.35 bits per heavy atom. The van der Waals surface area contributed by atoms with Crippen molar-refractivity contribution in [3.63, 3.8) is 0 Å². The fourth-order valence-corrected chi connectivity index (χ4v) is 3.57. The molecule has 0 rings (SSSR count). The average molecular weight is 382 g/mol. The molecular weight excluding hydrogens is 350 g/mol. The number of nitrogens with one attached hydrogen (secondary N) is 1. The van der Waals surface area contributed by atoms with Crippen LogP contribution in [0, 0.1) is 22.7 Å². The lowest BCUT2D eigenvalue weighted by Gasteiger charge is -2.26. The number of nitriles is 2. The van der Waals surface area contributed by atoms with E-state index in [1.807, 2.05) is 6.07 Å². The Hall–Kier alpha value is -1.81. The Kier molecular flexibility index (Phi) is 9.64. The monoisotopic (exact) mass is 381 g/mol. The van der Waals surface area contributed by atoms with Crippen LogP contribution in [0.3, 0.4) is 0 Å². The number of hydrogen-bond donors (Lipinski definition) is 2. The summed E-state index contributed by atoms with van der Waals surface area (Å²) in [4.78, 5) is 15.9. The smallest absolute Gasteiger partial charge is 0.293 e.